The summed E-state index contributed by atoms with van der Waals surface area (Å²) in [6, 6.07) is 4.24. The van der Waals surface area contributed by atoms with Crippen LogP contribution in [0, 0.1) is 4.91 Å². The van der Waals surface area contributed by atoms with E-state index < -0.39 is 45.5 Å². The van der Waals surface area contributed by atoms with Gasteiger partial charge in [-0.15, -0.1) is 18.1 Å². The van der Waals surface area contributed by atoms with Gasteiger partial charge in [0.05, 0.1) is 0 Å². The second-order valence-electron chi connectivity index (χ2n) is 9.15. The van der Waals surface area contributed by atoms with E-state index in [2.05, 4.69) is 18.3 Å². The normalized spacial score (nSPS) is 13.5. The highest BCUT2D eigenvalue weighted by Gasteiger charge is 2.72. The Morgan fingerprint density at radius 2 is 1.18 bits per heavy atom. The molecular formula is C25H25F6NO2. The number of phenols is 1. The molecule has 34 heavy (non-hydrogen) atoms. The number of allylic oxidation sites excluding steroid dienone is 2. The molecule has 0 saturated heterocycles. The van der Waals surface area contributed by atoms with Gasteiger partial charge in [0.2, 0.25) is 5.41 Å². The minimum Gasteiger partial charge on any atom is -0.508 e. The van der Waals surface area contributed by atoms with E-state index in [0.29, 0.717) is 24.3 Å². The van der Waals surface area contributed by atoms with Crippen molar-refractivity contribution in [3.8, 4) is 5.75 Å². The first-order valence-corrected chi connectivity index (χ1v) is 10.1. The van der Waals surface area contributed by atoms with Gasteiger partial charge < -0.3 is 5.11 Å². The number of hydrogen-bond acceptors (Lipinski definition) is 3. The molecule has 0 fully saturated rings. The number of alkyl halides is 6. The molecule has 0 aromatic heterocycles. The number of nitrogens with zero attached hydrogens (tertiary/aromatic N) is 1. The van der Waals surface area contributed by atoms with Crippen LogP contribution >= 0.6 is 0 Å². The summed E-state index contributed by atoms with van der Waals surface area (Å²) in [5.74, 6) is -0.471. The molecule has 0 atom stereocenters. The van der Waals surface area contributed by atoms with E-state index >= 15 is 0 Å². The average Bonchev–Trinajstić information content (AvgIpc) is 2.73. The minimum atomic E-state index is -5.84. The van der Waals surface area contributed by atoms with E-state index in [-0.39, 0.29) is 16.8 Å². The molecule has 2 rings (SSSR count). The summed E-state index contributed by atoms with van der Waals surface area (Å²) in [4.78, 5) is 11.3. The maximum Gasteiger partial charge on any atom is 0.411 e. The zero-order valence-electron chi connectivity index (χ0n) is 19.1. The summed E-state index contributed by atoms with van der Waals surface area (Å²) in [6.07, 6.45) is -9.08. The molecule has 0 radical (unpaired) electrons. The SMILES string of the molecule is C=CC(C)(C)c1cc(C(c2ccc(N=O)c(C(C)(C)C=C)c2)(C(F)(F)F)C(F)(F)F)ccc1O. The number of halogens is 6. The van der Waals surface area contributed by atoms with Gasteiger partial charge in [0.1, 0.15) is 11.4 Å². The highest BCUT2D eigenvalue weighted by Crippen LogP contribution is 2.57. The lowest BCUT2D eigenvalue weighted by Gasteiger charge is -2.39. The Labute approximate surface area is 193 Å². The molecule has 0 heterocycles. The van der Waals surface area contributed by atoms with Crippen molar-refractivity contribution in [3.05, 3.63) is 88.9 Å². The van der Waals surface area contributed by atoms with E-state index in [1.807, 2.05) is 0 Å². The highest BCUT2D eigenvalue weighted by molar-refractivity contribution is 5.58. The Bertz CT molecular complexity index is 1100. The molecule has 0 spiro atoms. The number of benzene rings is 2. The van der Waals surface area contributed by atoms with Crippen molar-refractivity contribution < 1.29 is 31.4 Å². The lowest BCUT2D eigenvalue weighted by Crippen LogP contribution is -2.55. The third kappa shape index (κ3) is 4.23. The van der Waals surface area contributed by atoms with Gasteiger partial charge in [-0.3, -0.25) is 0 Å². The Morgan fingerprint density at radius 1 is 0.765 bits per heavy atom. The molecule has 0 aliphatic carbocycles. The second-order valence-corrected chi connectivity index (χ2v) is 9.15. The van der Waals surface area contributed by atoms with Crippen LogP contribution in [0.4, 0.5) is 32.0 Å². The van der Waals surface area contributed by atoms with Gasteiger partial charge in [-0.2, -0.15) is 26.3 Å². The zero-order valence-corrected chi connectivity index (χ0v) is 19.1. The molecule has 1 N–H and O–H groups in total. The molecule has 2 aromatic carbocycles. The van der Waals surface area contributed by atoms with Gasteiger partial charge in [-0.05, 0) is 40.1 Å². The van der Waals surface area contributed by atoms with E-state index in [0.717, 1.165) is 12.1 Å². The van der Waals surface area contributed by atoms with Crippen LogP contribution < -0.4 is 0 Å². The van der Waals surface area contributed by atoms with Crippen molar-refractivity contribution in [3.63, 3.8) is 0 Å². The standard InChI is InChI=1S/C25H25F6NO2/c1-7-21(3,4)17-13-15(9-11-19(17)32-34)23(24(26,27)28,25(29,30)31)16-10-12-20(33)18(14-16)22(5,6)8-2/h7-14,33H,1-2H2,3-6H3. The number of nitroso groups, excluding NO2 is 1. The van der Waals surface area contributed by atoms with Crippen LogP contribution in [0.15, 0.2) is 66.9 Å². The Balaban J connectivity index is 3.12. The average molecular weight is 485 g/mol. The predicted octanol–water partition coefficient (Wildman–Crippen LogP) is 8.13. The van der Waals surface area contributed by atoms with E-state index in [1.54, 1.807) is 0 Å². The van der Waals surface area contributed by atoms with Crippen LogP contribution in [-0.2, 0) is 16.2 Å². The van der Waals surface area contributed by atoms with Crippen molar-refractivity contribution >= 4 is 5.69 Å². The lowest BCUT2D eigenvalue weighted by molar-refractivity contribution is -0.288. The summed E-state index contributed by atoms with van der Waals surface area (Å²) in [6.45, 7) is 13.1. The van der Waals surface area contributed by atoms with E-state index in [9.17, 15) is 36.4 Å². The molecule has 0 unspecified atom stereocenters. The Hall–Kier alpha value is -3.10. The topological polar surface area (TPSA) is 49.7 Å². The molecule has 0 aliphatic heterocycles. The van der Waals surface area contributed by atoms with E-state index in [1.165, 1.54) is 39.8 Å². The predicted molar refractivity (Wildman–Crippen MR) is 119 cm³/mol. The maximum absolute atomic E-state index is 14.6. The summed E-state index contributed by atoms with van der Waals surface area (Å²) in [5.41, 5.74) is -9.63. The molecule has 0 bridgehead atoms. The number of hydrogen-bond donors (Lipinski definition) is 1. The van der Waals surface area contributed by atoms with Crippen LogP contribution in [0.5, 0.6) is 5.75 Å². The van der Waals surface area contributed by atoms with Gasteiger partial charge in [0.25, 0.3) is 0 Å². The second kappa shape index (κ2) is 8.60. The van der Waals surface area contributed by atoms with Crippen LogP contribution in [0.2, 0.25) is 0 Å². The first kappa shape index (κ1) is 27.1. The quantitative estimate of drug-likeness (QED) is 0.245. The van der Waals surface area contributed by atoms with Gasteiger partial charge in [-0.1, -0.05) is 58.0 Å². The fourth-order valence-electron chi connectivity index (χ4n) is 3.85. The molecule has 3 nitrogen and oxygen atoms in total. The smallest absolute Gasteiger partial charge is 0.411 e. The summed E-state index contributed by atoms with van der Waals surface area (Å²) >= 11 is 0. The third-order valence-electron chi connectivity index (χ3n) is 6.22. The molecule has 0 saturated carbocycles. The molecule has 0 amide bonds. The summed E-state index contributed by atoms with van der Waals surface area (Å²) in [5, 5.41) is 13.0. The number of aromatic hydroxyl groups is 1. The molecular weight excluding hydrogens is 460 g/mol. The van der Waals surface area contributed by atoms with Gasteiger partial charge in [0.15, 0.2) is 0 Å². The van der Waals surface area contributed by atoms with Crippen LogP contribution in [0.3, 0.4) is 0 Å². The van der Waals surface area contributed by atoms with Crippen molar-refractivity contribution in [1.82, 2.24) is 0 Å². The van der Waals surface area contributed by atoms with Gasteiger partial charge in [0, 0.05) is 16.4 Å². The maximum atomic E-state index is 14.6. The highest BCUT2D eigenvalue weighted by atomic mass is 19.4. The van der Waals surface area contributed by atoms with Crippen molar-refractivity contribution in [2.75, 3.05) is 0 Å². The fourth-order valence-corrected chi connectivity index (χ4v) is 3.85. The van der Waals surface area contributed by atoms with Crippen molar-refractivity contribution in [2.45, 2.75) is 56.3 Å². The van der Waals surface area contributed by atoms with Crippen molar-refractivity contribution in [1.29, 1.82) is 0 Å². The van der Waals surface area contributed by atoms with Crippen molar-refractivity contribution in [2.24, 2.45) is 5.18 Å². The summed E-state index contributed by atoms with van der Waals surface area (Å²) in [7, 11) is 0. The molecule has 2 aromatic rings. The van der Waals surface area contributed by atoms with Crippen LogP contribution in [0.1, 0.15) is 49.9 Å². The van der Waals surface area contributed by atoms with Crippen LogP contribution in [-0.4, -0.2) is 17.5 Å². The van der Waals surface area contributed by atoms with Gasteiger partial charge >= 0.3 is 12.4 Å². The molecule has 9 heteroatoms. The lowest BCUT2D eigenvalue weighted by atomic mass is 9.69. The van der Waals surface area contributed by atoms with E-state index in [4.69, 9.17) is 0 Å². The molecule has 184 valence electrons. The Kier molecular flexibility index (Phi) is 6.86. The fraction of sp³-hybridized carbons (Fsp3) is 0.360. The monoisotopic (exact) mass is 485 g/mol. The van der Waals surface area contributed by atoms with Crippen LogP contribution in [0.25, 0.3) is 0 Å². The third-order valence-corrected chi connectivity index (χ3v) is 6.22. The number of rotatable bonds is 7. The Morgan fingerprint density at radius 3 is 1.59 bits per heavy atom. The van der Waals surface area contributed by atoms with Gasteiger partial charge in [-0.25, -0.2) is 0 Å². The largest absolute Gasteiger partial charge is 0.508 e. The minimum absolute atomic E-state index is 0.140. The first-order valence-electron chi connectivity index (χ1n) is 10.1. The molecule has 0 aliphatic rings. The first-order chi connectivity index (χ1) is 15.4. The number of phenolic OH excluding ortho intramolecular Hbond substituents is 1. The summed E-state index contributed by atoms with van der Waals surface area (Å²) < 4.78 is 87.8. The zero-order chi connectivity index (χ0) is 26.3.